The van der Waals surface area contributed by atoms with Gasteiger partial charge in [0.25, 0.3) is 0 Å². The van der Waals surface area contributed by atoms with Gasteiger partial charge in [-0.3, -0.25) is 4.79 Å². The number of carbonyl (C=O) groups is 1. The zero-order valence-electron chi connectivity index (χ0n) is 14.9. The summed E-state index contributed by atoms with van der Waals surface area (Å²) < 4.78 is 6.54. The van der Waals surface area contributed by atoms with Crippen LogP contribution in [-0.2, 0) is 29.0 Å². The van der Waals surface area contributed by atoms with Crippen LogP contribution in [0.3, 0.4) is 0 Å². The highest BCUT2D eigenvalue weighted by Crippen LogP contribution is 2.10. The second kappa shape index (κ2) is 8.97. The van der Waals surface area contributed by atoms with E-state index in [1.54, 1.807) is 6.20 Å². The maximum atomic E-state index is 11.3. The summed E-state index contributed by atoms with van der Waals surface area (Å²) in [6.07, 6.45) is 4.82. The van der Waals surface area contributed by atoms with E-state index in [0.29, 0.717) is 12.8 Å². The summed E-state index contributed by atoms with van der Waals surface area (Å²) in [6.45, 7) is 1.58. The highest BCUT2D eigenvalue weighted by atomic mass is 16.5. The van der Waals surface area contributed by atoms with Crippen molar-refractivity contribution in [1.82, 2.24) is 15.1 Å². The fraction of sp³-hybridized carbons (Fsp3) is 0.238. The normalized spacial score (nSPS) is 10.7. The van der Waals surface area contributed by atoms with Crippen LogP contribution in [0.4, 0.5) is 0 Å². The number of esters is 1. The van der Waals surface area contributed by atoms with Crippen LogP contribution < -0.4 is 5.32 Å². The van der Waals surface area contributed by atoms with Crippen LogP contribution in [0.15, 0.2) is 67.0 Å². The quantitative estimate of drug-likeness (QED) is 0.634. The number of nitrogens with one attached hydrogen (secondary N) is 1. The number of nitrogens with zero attached hydrogens (tertiary/aromatic N) is 2. The minimum atomic E-state index is -0.174. The highest BCUT2D eigenvalue weighted by molar-refractivity contribution is 5.69. The van der Waals surface area contributed by atoms with E-state index < -0.39 is 0 Å². The molecule has 3 aromatic rings. The number of benzene rings is 2. The molecule has 0 amide bonds. The van der Waals surface area contributed by atoms with Gasteiger partial charge >= 0.3 is 5.97 Å². The second-order valence-corrected chi connectivity index (χ2v) is 6.12. The lowest BCUT2D eigenvalue weighted by Gasteiger charge is -2.08. The van der Waals surface area contributed by atoms with E-state index >= 15 is 0 Å². The number of hydrogen-bond acceptors (Lipinski definition) is 4. The Hall–Kier alpha value is -2.92. The van der Waals surface area contributed by atoms with Gasteiger partial charge in [-0.25, -0.2) is 4.68 Å². The SMILES string of the molecule is COC(=O)CCc1cccc(CNCc2ccc(-n3cccn3)cc2)c1. The van der Waals surface area contributed by atoms with Gasteiger partial charge in [0.05, 0.1) is 12.8 Å². The summed E-state index contributed by atoms with van der Waals surface area (Å²) in [5, 5.41) is 7.69. The van der Waals surface area contributed by atoms with E-state index in [-0.39, 0.29) is 5.97 Å². The first kappa shape index (κ1) is 17.9. The Morgan fingerprint density at radius 2 is 1.81 bits per heavy atom. The lowest BCUT2D eigenvalue weighted by Crippen LogP contribution is -2.13. The molecule has 0 saturated heterocycles. The molecule has 1 aromatic heterocycles. The molecule has 0 unspecified atom stereocenters. The molecule has 26 heavy (non-hydrogen) atoms. The third kappa shape index (κ3) is 5.04. The Kier molecular flexibility index (Phi) is 6.17. The van der Waals surface area contributed by atoms with Crippen molar-refractivity contribution in [3.05, 3.63) is 83.7 Å². The molecule has 0 saturated carbocycles. The summed E-state index contributed by atoms with van der Waals surface area (Å²) in [5.74, 6) is -0.174. The molecule has 5 heteroatoms. The van der Waals surface area contributed by atoms with Crippen LogP contribution in [0.2, 0.25) is 0 Å². The molecule has 0 aliphatic heterocycles. The Morgan fingerprint density at radius 3 is 2.54 bits per heavy atom. The maximum Gasteiger partial charge on any atom is 0.305 e. The van der Waals surface area contributed by atoms with Crippen LogP contribution >= 0.6 is 0 Å². The molecule has 134 valence electrons. The first-order chi connectivity index (χ1) is 12.7. The van der Waals surface area contributed by atoms with Crippen molar-refractivity contribution in [3.63, 3.8) is 0 Å². The van der Waals surface area contributed by atoms with Gasteiger partial charge in [0.15, 0.2) is 0 Å². The molecule has 0 bridgehead atoms. The van der Waals surface area contributed by atoms with Crippen LogP contribution in [-0.4, -0.2) is 22.9 Å². The average Bonchev–Trinajstić information content (AvgIpc) is 3.22. The molecule has 0 radical (unpaired) electrons. The number of rotatable bonds is 8. The first-order valence-electron chi connectivity index (χ1n) is 8.69. The molecule has 1 N–H and O–H groups in total. The number of hydrogen-bond donors (Lipinski definition) is 1. The Balaban J connectivity index is 1.49. The summed E-state index contributed by atoms with van der Waals surface area (Å²) in [6, 6.07) is 18.6. The molecule has 0 aliphatic carbocycles. The van der Waals surface area contributed by atoms with Crippen molar-refractivity contribution in [2.45, 2.75) is 25.9 Å². The molecule has 0 fully saturated rings. The molecule has 0 atom stereocenters. The van der Waals surface area contributed by atoms with Crippen molar-refractivity contribution in [2.75, 3.05) is 7.11 Å². The van der Waals surface area contributed by atoms with Gasteiger partial charge in [-0.15, -0.1) is 0 Å². The van der Waals surface area contributed by atoms with Gasteiger partial charge in [-0.1, -0.05) is 36.4 Å². The Bertz CT molecular complexity index is 827. The smallest absolute Gasteiger partial charge is 0.305 e. The van der Waals surface area contributed by atoms with E-state index in [4.69, 9.17) is 4.74 Å². The zero-order chi connectivity index (χ0) is 18.2. The van der Waals surface area contributed by atoms with Crippen molar-refractivity contribution in [3.8, 4) is 5.69 Å². The van der Waals surface area contributed by atoms with E-state index in [9.17, 15) is 4.79 Å². The van der Waals surface area contributed by atoms with Crippen LogP contribution in [0.1, 0.15) is 23.1 Å². The standard InChI is InChI=1S/C21H23N3O2/c1-26-21(25)11-8-17-4-2-5-19(14-17)16-22-15-18-6-9-20(10-7-18)24-13-3-12-23-24/h2-7,9-10,12-14,22H,8,11,15-16H2,1H3. The summed E-state index contributed by atoms with van der Waals surface area (Å²) in [5.41, 5.74) is 4.64. The molecular formula is C21H23N3O2. The third-order valence-electron chi connectivity index (χ3n) is 4.20. The number of aromatic nitrogens is 2. The largest absolute Gasteiger partial charge is 0.469 e. The van der Waals surface area contributed by atoms with Crippen LogP contribution in [0.5, 0.6) is 0 Å². The van der Waals surface area contributed by atoms with Crippen molar-refractivity contribution >= 4 is 5.97 Å². The van der Waals surface area contributed by atoms with Gasteiger partial charge in [0.2, 0.25) is 0 Å². The van der Waals surface area contributed by atoms with Crippen molar-refractivity contribution in [1.29, 1.82) is 0 Å². The fourth-order valence-corrected chi connectivity index (χ4v) is 2.78. The van der Waals surface area contributed by atoms with Gasteiger partial charge in [-0.05, 0) is 41.3 Å². The summed E-state index contributed by atoms with van der Waals surface area (Å²) in [4.78, 5) is 11.3. The second-order valence-electron chi connectivity index (χ2n) is 6.12. The zero-order valence-corrected chi connectivity index (χ0v) is 14.9. The van der Waals surface area contributed by atoms with Crippen molar-refractivity contribution < 1.29 is 9.53 Å². The number of carbonyl (C=O) groups excluding carboxylic acids is 1. The van der Waals surface area contributed by atoms with Gasteiger partial charge in [0.1, 0.15) is 0 Å². The van der Waals surface area contributed by atoms with E-state index in [1.165, 1.54) is 18.2 Å². The molecule has 3 rings (SSSR count). The molecular weight excluding hydrogens is 326 g/mol. The number of methoxy groups -OCH3 is 1. The van der Waals surface area contributed by atoms with E-state index in [1.807, 2.05) is 29.1 Å². The monoisotopic (exact) mass is 349 g/mol. The topological polar surface area (TPSA) is 56.1 Å². The van der Waals surface area contributed by atoms with E-state index in [2.05, 4.69) is 46.8 Å². The lowest BCUT2D eigenvalue weighted by atomic mass is 10.1. The highest BCUT2D eigenvalue weighted by Gasteiger charge is 2.03. The average molecular weight is 349 g/mol. The Labute approximate surface area is 153 Å². The van der Waals surface area contributed by atoms with Gasteiger partial charge < -0.3 is 10.1 Å². The maximum absolute atomic E-state index is 11.3. The van der Waals surface area contributed by atoms with Gasteiger partial charge in [-0.2, -0.15) is 5.10 Å². The number of aryl methyl sites for hydroxylation is 1. The molecule has 5 nitrogen and oxygen atoms in total. The third-order valence-corrected chi connectivity index (χ3v) is 4.20. The molecule has 0 spiro atoms. The van der Waals surface area contributed by atoms with Crippen LogP contribution in [0, 0.1) is 0 Å². The van der Waals surface area contributed by atoms with Gasteiger partial charge in [0, 0.05) is 31.9 Å². The Morgan fingerprint density at radius 1 is 1.04 bits per heavy atom. The van der Waals surface area contributed by atoms with Crippen molar-refractivity contribution in [2.24, 2.45) is 0 Å². The van der Waals surface area contributed by atoms with Crippen LogP contribution in [0.25, 0.3) is 5.69 Å². The predicted molar refractivity (Wildman–Crippen MR) is 101 cm³/mol. The lowest BCUT2D eigenvalue weighted by molar-refractivity contribution is -0.140. The fourth-order valence-electron chi connectivity index (χ4n) is 2.78. The number of ether oxygens (including phenoxy) is 1. The summed E-state index contributed by atoms with van der Waals surface area (Å²) in [7, 11) is 1.42. The first-order valence-corrected chi connectivity index (χ1v) is 8.69. The molecule has 2 aromatic carbocycles. The predicted octanol–water partition coefficient (Wildman–Crippen LogP) is 3.27. The van der Waals surface area contributed by atoms with E-state index in [0.717, 1.165) is 24.3 Å². The minimum Gasteiger partial charge on any atom is -0.469 e. The summed E-state index contributed by atoms with van der Waals surface area (Å²) >= 11 is 0. The molecule has 0 aliphatic rings. The molecule has 1 heterocycles. The minimum absolute atomic E-state index is 0.174.